The fourth-order valence-electron chi connectivity index (χ4n) is 2.03. The van der Waals surface area contributed by atoms with Crippen LogP contribution in [0.5, 0.6) is 5.75 Å². The second kappa shape index (κ2) is 6.90. The second-order valence-corrected chi connectivity index (χ2v) is 6.55. The molecular weight excluding hydrogens is 346 g/mol. The topological polar surface area (TPSA) is 94.8 Å². The molecule has 0 saturated carbocycles. The van der Waals surface area contributed by atoms with Crippen molar-refractivity contribution in [1.29, 1.82) is 0 Å². The van der Waals surface area contributed by atoms with Crippen LogP contribution in [0.15, 0.2) is 47.5 Å². The van der Waals surface area contributed by atoms with Gasteiger partial charge in [-0.1, -0.05) is 35.2 Å². The summed E-state index contributed by atoms with van der Waals surface area (Å²) in [6.45, 7) is 0. The zero-order valence-electron chi connectivity index (χ0n) is 12.6. The molecule has 3 N–H and O–H groups in total. The predicted octanol–water partition coefficient (Wildman–Crippen LogP) is 4.16. The molecule has 0 fully saturated rings. The zero-order valence-corrected chi connectivity index (χ0v) is 14.2. The molecule has 0 amide bonds. The Morgan fingerprint density at radius 2 is 2.08 bits per heavy atom. The molecule has 1 aromatic heterocycles. The maximum Gasteiger partial charge on any atom is 0.339 e. The number of amidine groups is 1. The molecule has 3 aromatic rings. The number of thioether (sulfide) groups is 1. The van der Waals surface area contributed by atoms with Gasteiger partial charge in [0.15, 0.2) is 5.17 Å². The molecule has 0 saturated heterocycles. The highest BCUT2D eigenvalue weighted by Gasteiger charge is 2.11. The van der Waals surface area contributed by atoms with E-state index in [1.165, 1.54) is 35.2 Å². The van der Waals surface area contributed by atoms with Crippen LogP contribution in [0.25, 0.3) is 10.2 Å². The van der Waals surface area contributed by atoms with Crippen molar-refractivity contribution in [3.8, 4) is 5.75 Å². The molecule has 0 bridgehead atoms. The maximum absolute atomic E-state index is 11.1. The number of carbonyl (C=O) groups is 1. The number of aromatic carboxylic acids is 1. The third kappa shape index (κ3) is 3.50. The average Bonchev–Trinajstić information content (AvgIpc) is 2.97. The van der Waals surface area contributed by atoms with Crippen LogP contribution in [0, 0.1) is 0 Å². The summed E-state index contributed by atoms with van der Waals surface area (Å²) < 4.78 is 1.05. The molecule has 0 unspecified atom stereocenters. The Morgan fingerprint density at radius 3 is 2.79 bits per heavy atom. The Bertz CT molecular complexity index is 904. The van der Waals surface area contributed by atoms with Gasteiger partial charge in [-0.3, -0.25) is 0 Å². The SMILES string of the molecule is CS/C(=N/c1nc2ccccc2s1)Nc1ccc(O)c(C(=O)O)c1. The molecule has 0 spiro atoms. The van der Waals surface area contributed by atoms with Gasteiger partial charge in [0.05, 0.1) is 10.2 Å². The molecule has 3 rings (SSSR count). The maximum atomic E-state index is 11.1. The van der Waals surface area contributed by atoms with Gasteiger partial charge in [-0.25, -0.2) is 9.78 Å². The summed E-state index contributed by atoms with van der Waals surface area (Å²) in [5.41, 5.74) is 1.25. The van der Waals surface area contributed by atoms with E-state index in [9.17, 15) is 9.90 Å². The van der Waals surface area contributed by atoms with Crippen LogP contribution in [0.2, 0.25) is 0 Å². The number of carboxylic acids is 1. The minimum Gasteiger partial charge on any atom is -0.507 e. The number of fused-ring (bicyclic) bond motifs is 1. The molecule has 6 nitrogen and oxygen atoms in total. The highest BCUT2D eigenvalue weighted by molar-refractivity contribution is 8.13. The van der Waals surface area contributed by atoms with Gasteiger partial charge in [0.1, 0.15) is 11.3 Å². The Balaban J connectivity index is 1.89. The van der Waals surface area contributed by atoms with Gasteiger partial charge in [-0.2, -0.15) is 4.99 Å². The summed E-state index contributed by atoms with van der Waals surface area (Å²) in [7, 11) is 0. The van der Waals surface area contributed by atoms with Gasteiger partial charge in [-0.15, -0.1) is 0 Å². The number of thiazole rings is 1. The van der Waals surface area contributed by atoms with Crippen LogP contribution < -0.4 is 5.32 Å². The van der Waals surface area contributed by atoms with Crippen LogP contribution in [-0.2, 0) is 0 Å². The van der Waals surface area contributed by atoms with E-state index in [1.54, 1.807) is 6.07 Å². The van der Waals surface area contributed by atoms with Gasteiger partial charge >= 0.3 is 5.97 Å². The number of anilines is 1. The average molecular weight is 359 g/mol. The van der Waals surface area contributed by atoms with E-state index >= 15 is 0 Å². The lowest BCUT2D eigenvalue weighted by molar-refractivity contribution is 0.0694. The predicted molar refractivity (Wildman–Crippen MR) is 98.9 cm³/mol. The highest BCUT2D eigenvalue weighted by Crippen LogP contribution is 2.29. The highest BCUT2D eigenvalue weighted by atomic mass is 32.2. The first-order valence-electron chi connectivity index (χ1n) is 6.88. The van der Waals surface area contributed by atoms with Gasteiger partial charge in [0, 0.05) is 5.69 Å². The van der Waals surface area contributed by atoms with E-state index < -0.39 is 5.97 Å². The van der Waals surface area contributed by atoms with Gasteiger partial charge in [-0.05, 0) is 36.6 Å². The first kappa shape index (κ1) is 16.3. The van der Waals surface area contributed by atoms with E-state index in [0.29, 0.717) is 16.0 Å². The van der Waals surface area contributed by atoms with E-state index in [1.807, 2.05) is 30.5 Å². The van der Waals surface area contributed by atoms with E-state index in [4.69, 9.17) is 5.11 Å². The summed E-state index contributed by atoms with van der Waals surface area (Å²) in [5, 5.41) is 22.9. The Hall–Kier alpha value is -2.58. The number of benzene rings is 2. The lowest BCUT2D eigenvalue weighted by Crippen LogP contribution is -2.08. The first-order chi connectivity index (χ1) is 11.6. The number of phenols is 1. The number of aromatic hydroxyl groups is 1. The molecule has 24 heavy (non-hydrogen) atoms. The van der Waals surface area contributed by atoms with Gasteiger partial charge < -0.3 is 15.5 Å². The normalized spacial score (nSPS) is 11.6. The third-order valence-electron chi connectivity index (χ3n) is 3.15. The van der Waals surface area contributed by atoms with Crippen molar-refractivity contribution in [2.24, 2.45) is 4.99 Å². The van der Waals surface area contributed by atoms with Crippen LogP contribution in [-0.4, -0.2) is 32.6 Å². The summed E-state index contributed by atoms with van der Waals surface area (Å²) in [4.78, 5) is 20.0. The number of carboxylic acid groups (broad SMARTS) is 1. The molecule has 0 aliphatic heterocycles. The van der Waals surface area contributed by atoms with Crippen molar-refractivity contribution >= 4 is 55.3 Å². The number of aliphatic imine (C=N–C) groups is 1. The van der Waals surface area contributed by atoms with E-state index in [-0.39, 0.29) is 11.3 Å². The zero-order chi connectivity index (χ0) is 17.1. The lowest BCUT2D eigenvalue weighted by atomic mass is 10.2. The van der Waals surface area contributed by atoms with Crippen molar-refractivity contribution in [2.75, 3.05) is 11.6 Å². The monoisotopic (exact) mass is 359 g/mol. The first-order valence-corrected chi connectivity index (χ1v) is 8.92. The number of para-hydroxylation sites is 1. The third-order valence-corrected chi connectivity index (χ3v) is 4.66. The Kier molecular flexibility index (Phi) is 4.68. The Labute approximate surface area is 145 Å². The largest absolute Gasteiger partial charge is 0.507 e. The summed E-state index contributed by atoms with van der Waals surface area (Å²) in [6, 6.07) is 12.1. The summed E-state index contributed by atoms with van der Waals surface area (Å²) in [5.74, 6) is -1.47. The minimum absolute atomic E-state index is 0.166. The molecule has 0 aliphatic rings. The Morgan fingerprint density at radius 1 is 1.29 bits per heavy atom. The number of hydrogen-bond donors (Lipinski definition) is 3. The van der Waals surface area contributed by atoms with Crippen LogP contribution in [0.4, 0.5) is 10.8 Å². The fraction of sp³-hybridized carbons (Fsp3) is 0.0625. The molecule has 0 radical (unpaired) electrons. The molecule has 2 aromatic carbocycles. The van der Waals surface area contributed by atoms with Crippen molar-refractivity contribution in [2.45, 2.75) is 0 Å². The van der Waals surface area contributed by atoms with Crippen LogP contribution >= 0.6 is 23.1 Å². The number of rotatable bonds is 3. The second-order valence-electron chi connectivity index (χ2n) is 4.75. The van der Waals surface area contributed by atoms with Crippen molar-refractivity contribution in [3.63, 3.8) is 0 Å². The van der Waals surface area contributed by atoms with Crippen molar-refractivity contribution < 1.29 is 15.0 Å². The molecule has 8 heteroatoms. The van der Waals surface area contributed by atoms with Crippen LogP contribution in [0.3, 0.4) is 0 Å². The number of nitrogens with zero attached hydrogens (tertiary/aromatic N) is 2. The van der Waals surface area contributed by atoms with Crippen molar-refractivity contribution in [1.82, 2.24) is 4.98 Å². The number of nitrogens with one attached hydrogen (secondary N) is 1. The van der Waals surface area contributed by atoms with E-state index in [2.05, 4.69) is 15.3 Å². The molecular formula is C16H13N3O3S2. The molecule has 0 aliphatic carbocycles. The number of hydrogen-bond acceptors (Lipinski definition) is 6. The lowest BCUT2D eigenvalue weighted by Gasteiger charge is -2.08. The van der Waals surface area contributed by atoms with E-state index in [0.717, 1.165) is 10.2 Å². The quantitative estimate of drug-likeness (QED) is 0.369. The smallest absolute Gasteiger partial charge is 0.339 e. The van der Waals surface area contributed by atoms with Crippen molar-refractivity contribution in [3.05, 3.63) is 48.0 Å². The molecule has 0 atom stereocenters. The number of aromatic nitrogens is 1. The standard InChI is InChI=1S/C16H13N3O3S2/c1-23-15(17-9-6-7-12(20)10(8-9)14(21)22)19-16-18-11-4-2-3-5-13(11)24-16/h2-8,20H,1H3,(H,21,22)(H,17,18,19). The summed E-state index contributed by atoms with van der Waals surface area (Å²) in [6.07, 6.45) is 1.86. The fourth-order valence-corrected chi connectivity index (χ4v) is 3.33. The van der Waals surface area contributed by atoms with Gasteiger partial charge in [0.2, 0.25) is 5.13 Å². The summed E-state index contributed by atoms with van der Waals surface area (Å²) >= 11 is 2.86. The van der Waals surface area contributed by atoms with Crippen LogP contribution in [0.1, 0.15) is 10.4 Å². The van der Waals surface area contributed by atoms with Gasteiger partial charge in [0.25, 0.3) is 0 Å². The minimum atomic E-state index is -1.19. The molecule has 122 valence electrons. The molecule has 1 heterocycles.